The van der Waals surface area contributed by atoms with Gasteiger partial charge in [0.2, 0.25) is 5.78 Å². The molecule has 0 saturated carbocycles. The quantitative estimate of drug-likeness (QED) is 0.440. The van der Waals surface area contributed by atoms with E-state index >= 15 is 0 Å². The third-order valence-corrected chi connectivity index (χ3v) is 5.45. The van der Waals surface area contributed by atoms with Crippen LogP contribution < -0.4 is 10.6 Å². The van der Waals surface area contributed by atoms with Crippen molar-refractivity contribution in [2.24, 2.45) is 5.41 Å². The molecule has 31 heavy (non-hydrogen) atoms. The molecule has 0 saturated heterocycles. The van der Waals surface area contributed by atoms with E-state index in [-0.39, 0.29) is 17.2 Å². The van der Waals surface area contributed by atoms with Crippen LogP contribution in [-0.2, 0) is 0 Å². The Morgan fingerprint density at radius 1 is 1.13 bits per heavy atom. The Kier molecular flexibility index (Phi) is 5.56. The highest BCUT2D eigenvalue weighted by Crippen LogP contribution is 2.25. The summed E-state index contributed by atoms with van der Waals surface area (Å²) in [5.74, 6) is -0.0967. The molecule has 0 spiro atoms. The molecule has 4 rings (SSSR count). The summed E-state index contributed by atoms with van der Waals surface area (Å²) in [4.78, 5) is 30.1. The minimum Gasteiger partial charge on any atom is -0.337 e. The van der Waals surface area contributed by atoms with Crippen molar-refractivity contribution in [2.75, 3.05) is 11.9 Å². The molecule has 0 atom stereocenters. The number of rotatable bonds is 5. The van der Waals surface area contributed by atoms with Crippen molar-refractivity contribution in [1.82, 2.24) is 19.9 Å². The van der Waals surface area contributed by atoms with Crippen LogP contribution in [0.3, 0.4) is 0 Å². The molecule has 158 valence electrons. The molecule has 0 aliphatic carbocycles. The van der Waals surface area contributed by atoms with Crippen LogP contribution in [0.25, 0.3) is 16.9 Å². The van der Waals surface area contributed by atoms with Gasteiger partial charge in [-0.1, -0.05) is 39.0 Å². The summed E-state index contributed by atoms with van der Waals surface area (Å²) < 4.78 is 1.65. The number of urea groups is 1. The average molecular weight is 434 g/mol. The van der Waals surface area contributed by atoms with Gasteiger partial charge in [-0.2, -0.15) is 5.10 Å². The molecule has 1 aromatic carbocycles. The zero-order chi connectivity index (χ0) is 22.0. The van der Waals surface area contributed by atoms with Crippen molar-refractivity contribution in [3.8, 4) is 11.3 Å². The van der Waals surface area contributed by atoms with Gasteiger partial charge in [0.1, 0.15) is 0 Å². The van der Waals surface area contributed by atoms with Gasteiger partial charge >= 0.3 is 6.03 Å². The highest BCUT2D eigenvalue weighted by atomic mass is 32.1. The number of carbonyl (C=O) groups excluding carboxylic acids is 2. The normalized spacial score (nSPS) is 11.5. The number of anilines is 1. The van der Waals surface area contributed by atoms with Crippen molar-refractivity contribution < 1.29 is 9.59 Å². The van der Waals surface area contributed by atoms with Gasteiger partial charge in [0.15, 0.2) is 5.65 Å². The monoisotopic (exact) mass is 433 g/mol. The lowest BCUT2D eigenvalue weighted by molar-refractivity contribution is 0.104. The molecule has 0 unspecified atom stereocenters. The Balaban J connectivity index is 1.62. The maximum atomic E-state index is 12.8. The summed E-state index contributed by atoms with van der Waals surface area (Å²) in [5, 5.41) is 12.0. The molecule has 8 heteroatoms. The Bertz CT molecular complexity index is 1240. The molecule has 7 nitrogen and oxygen atoms in total. The van der Waals surface area contributed by atoms with Gasteiger partial charge in [-0.15, -0.1) is 11.3 Å². The zero-order valence-electron chi connectivity index (χ0n) is 17.5. The molecular formula is C23H23N5O2S. The number of benzene rings is 1. The first-order chi connectivity index (χ1) is 14.8. The second-order valence-corrected chi connectivity index (χ2v) is 9.33. The smallest absolute Gasteiger partial charge is 0.319 e. The molecule has 0 bridgehead atoms. The Hall–Kier alpha value is -3.52. The molecule has 3 heterocycles. The predicted octanol–water partition coefficient (Wildman–Crippen LogP) is 4.86. The second-order valence-electron chi connectivity index (χ2n) is 8.38. The van der Waals surface area contributed by atoms with E-state index in [1.807, 2.05) is 41.8 Å². The van der Waals surface area contributed by atoms with Gasteiger partial charge in [-0.05, 0) is 35.1 Å². The van der Waals surface area contributed by atoms with E-state index in [9.17, 15) is 9.59 Å². The number of nitrogens with zero attached hydrogens (tertiary/aromatic N) is 3. The zero-order valence-corrected chi connectivity index (χ0v) is 18.4. The molecule has 2 amide bonds. The summed E-state index contributed by atoms with van der Waals surface area (Å²) in [6.07, 6.45) is 3.21. The Labute approximate surface area is 184 Å². The standard InChI is InChI=1S/C23H23N5O2S/c1-23(2,3)14-25-22(30)27-16-7-4-6-15(12-16)18-9-10-24-21-17(13-26-28(18)21)20(29)19-8-5-11-31-19/h4-13H,14H2,1-3H3,(H2,25,27,30). The fraction of sp³-hybridized carbons (Fsp3) is 0.217. The number of hydrogen-bond acceptors (Lipinski definition) is 5. The SMILES string of the molecule is CC(C)(C)CNC(=O)Nc1cccc(-c2ccnc3c(C(=O)c4cccs4)cnn23)c1. The van der Waals surface area contributed by atoms with Crippen molar-refractivity contribution in [2.45, 2.75) is 20.8 Å². The van der Waals surface area contributed by atoms with Gasteiger partial charge in [-0.25, -0.2) is 14.3 Å². The maximum absolute atomic E-state index is 12.8. The van der Waals surface area contributed by atoms with E-state index in [1.54, 1.807) is 23.0 Å². The number of amides is 2. The summed E-state index contributed by atoms with van der Waals surface area (Å²) in [7, 11) is 0. The summed E-state index contributed by atoms with van der Waals surface area (Å²) in [5.41, 5.74) is 3.24. The van der Waals surface area contributed by atoms with Gasteiger partial charge in [0, 0.05) is 24.0 Å². The lowest BCUT2D eigenvalue weighted by Crippen LogP contribution is -2.35. The van der Waals surface area contributed by atoms with Crippen molar-refractivity contribution in [3.63, 3.8) is 0 Å². The largest absolute Gasteiger partial charge is 0.337 e. The molecule has 4 aromatic rings. The molecular weight excluding hydrogens is 410 g/mol. The molecule has 0 aliphatic rings. The summed E-state index contributed by atoms with van der Waals surface area (Å²) >= 11 is 1.39. The Morgan fingerprint density at radius 2 is 1.97 bits per heavy atom. The van der Waals surface area contributed by atoms with Crippen molar-refractivity contribution in [3.05, 3.63) is 70.7 Å². The van der Waals surface area contributed by atoms with Crippen molar-refractivity contribution in [1.29, 1.82) is 0 Å². The number of hydrogen-bond donors (Lipinski definition) is 2. The van der Waals surface area contributed by atoms with Crippen LogP contribution in [0, 0.1) is 5.41 Å². The van der Waals surface area contributed by atoms with Gasteiger partial charge < -0.3 is 10.6 Å². The maximum Gasteiger partial charge on any atom is 0.319 e. The predicted molar refractivity (Wildman–Crippen MR) is 123 cm³/mol. The number of carbonyl (C=O) groups is 2. The number of thiophene rings is 1. The first kappa shape index (κ1) is 20.7. The number of aromatic nitrogens is 3. The second kappa shape index (κ2) is 8.31. The fourth-order valence-electron chi connectivity index (χ4n) is 3.09. The first-order valence-electron chi connectivity index (χ1n) is 9.88. The van der Waals surface area contributed by atoms with Gasteiger partial charge in [0.25, 0.3) is 0 Å². The molecule has 3 aromatic heterocycles. The van der Waals surface area contributed by atoms with E-state index in [0.717, 1.165) is 11.3 Å². The van der Waals surface area contributed by atoms with E-state index in [4.69, 9.17) is 0 Å². The van der Waals surface area contributed by atoms with Crippen LogP contribution >= 0.6 is 11.3 Å². The van der Waals surface area contributed by atoms with Crippen LogP contribution in [0.2, 0.25) is 0 Å². The fourth-order valence-corrected chi connectivity index (χ4v) is 3.77. The van der Waals surface area contributed by atoms with Crippen LogP contribution in [0.4, 0.5) is 10.5 Å². The van der Waals surface area contributed by atoms with Gasteiger partial charge in [0.05, 0.1) is 22.3 Å². The minimum absolute atomic E-state index is 0.000178. The third kappa shape index (κ3) is 4.64. The Morgan fingerprint density at radius 3 is 2.71 bits per heavy atom. The van der Waals surface area contributed by atoms with Crippen LogP contribution in [0.5, 0.6) is 0 Å². The highest BCUT2D eigenvalue weighted by Gasteiger charge is 2.18. The number of ketones is 1. The molecule has 0 fully saturated rings. The van der Waals surface area contributed by atoms with Crippen molar-refractivity contribution >= 4 is 34.5 Å². The van der Waals surface area contributed by atoms with E-state index < -0.39 is 0 Å². The third-order valence-electron chi connectivity index (χ3n) is 4.59. The van der Waals surface area contributed by atoms with E-state index in [1.165, 1.54) is 11.3 Å². The summed E-state index contributed by atoms with van der Waals surface area (Å²) in [6, 6.07) is 12.7. The van der Waals surface area contributed by atoms with E-state index in [2.05, 4.69) is 41.5 Å². The lowest BCUT2D eigenvalue weighted by Gasteiger charge is -2.19. The average Bonchev–Trinajstić information content (AvgIpc) is 3.41. The molecule has 0 aliphatic heterocycles. The summed E-state index contributed by atoms with van der Waals surface area (Å²) in [6.45, 7) is 6.75. The molecule has 0 radical (unpaired) electrons. The van der Waals surface area contributed by atoms with Crippen LogP contribution in [-0.4, -0.2) is 33.0 Å². The number of nitrogens with one attached hydrogen (secondary N) is 2. The molecule has 2 N–H and O–H groups in total. The topological polar surface area (TPSA) is 88.4 Å². The van der Waals surface area contributed by atoms with Crippen LogP contribution in [0.1, 0.15) is 36.0 Å². The lowest BCUT2D eigenvalue weighted by atomic mass is 9.97. The number of fused-ring (bicyclic) bond motifs is 1. The van der Waals surface area contributed by atoms with Crippen LogP contribution in [0.15, 0.2) is 60.2 Å². The first-order valence-corrected chi connectivity index (χ1v) is 10.8. The van der Waals surface area contributed by atoms with Gasteiger partial charge in [-0.3, -0.25) is 4.79 Å². The van der Waals surface area contributed by atoms with E-state index in [0.29, 0.717) is 28.3 Å². The minimum atomic E-state index is -0.255. The highest BCUT2D eigenvalue weighted by molar-refractivity contribution is 7.12.